The summed E-state index contributed by atoms with van der Waals surface area (Å²) < 4.78 is 0. The summed E-state index contributed by atoms with van der Waals surface area (Å²) in [6.45, 7) is 3.58. The van der Waals surface area contributed by atoms with Crippen molar-refractivity contribution in [1.29, 1.82) is 0 Å². The molecule has 1 N–H and O–H groups in total. The fourth-order valence-electron chi connectivity index (χ4n) is 4.73. The van der Waals surface area contributed by atoms with Crippen molar-refractivity contribution in [1.82, 2.24) is 20.2 Å². The zero-order valence-corrected chi connectivity index (χ0v) is 19.0. The van der Waals surface area contributed by atoms with Crippen LogP contribution in [0.4, 0.5) is 0 Å². The predicted octanol–water partition coefficient (Wildman–Crippen LogP) is 3.67. The van der Waals surface area contributed by atoms with Gasteiger partial charge in [-0.1, -0.05) is 36.4 Å². The molecule has 2 amide bonds. The molecule has 170 valence electrons. The number of nitrogens with zero attached hydrogens (tertiary/aromatic N) is 3. The van der Waals surface area contributed by atoms with Crippen LogP contribution >= 0.6 is 0 Å². The van der Waals surface area contributed by atoms with E-state index in [-0.39, 0.29) is 11.8 Å². The van der Waals surface area contributed by atoms with Crippen LogP contribution in [0.15, 0.2) is 73.3 Å². The van der Waals surface area contributed by atoms with Gasteiger partial charge in [-0.25, -0.2) is 0 Å². The van der Waals surface area contributed by atoms with Gasteiger partial charge in [-0.15, -0.1) is 0 Å². The van der Waals surface area contributed by atoms with E-state index in [4.69, 9.17) is 0 Å². The Bertz CT molecular complexity index is 1090. The Balaban J connectivity index is 1.62. The molecule has 1 aliphatic rings. The van der Waals surface area contributed by atoms with Gasteiger partial charge < -0.3 is 10.2 Å². The summed E-state index contributed by atoms with van der Waals surface area (Å²) in [6.07, 6.45) is 9.45. The lowest BCUT2D eigenvalue weighted by atomic mass is 9.73. The van der Waals surface area contributed by atoms with Crippen LogP contribution < -0.4 is 5.32 Å². The molecule has 6 heteroatoms. The van der Waals surface area contributed by atoms with E-state index in [1.807, 2.05) is 54.4 Å². The number of rotatable bonds is 7. The van der Waals surface area contributed by atoms with E-state index in [1.165, 1.54) is 0 Å². The molecule has 33 heavy (non-hydrogen) atoms. The summed E-state index contributed by atoms with van der Waals surface area (Å²) in [5.74, 6) is 0.0572. The maximum absolute atomic E-state index is 13.4. The van der Waals surface area contributed by atoms with E-state index in [2.05, 4.69) is 27.4 Å². The predicted molar refractivity (Wildman–Crippen MR) is 128 cm³/mol. The maximum Gasteiger partial charge on any atom is 0.228 e. The van der Waals surface area contributed by atoms with Crippen LogP contribution in [0.1, 0.15) is 30.9 Å². The summed E-state index contributed by atoms with van der Waals surface area (Å²) >= 11 is 0. The molecule has 2 aromatic heterocycles. The fraction of sp³-hybridized carbons (Fsp3) is 0.333. The Hall–Kier alpha value is -3.54. The second-order valence-electron chi connectivity index (χ2n) is 8.67. The first-order chi connectivity index (χ1) is 16.1. The number of nitrogens with one attached hydrogen (secondary N) is 1. The van der Waals surface area contributed by atoms with Crippen molar-refractivity contribution < 1.29 is 9.59 Å². The molecular weight excluding hydrogens is 412 g/mol. The summed E-state index contributed by atoms with van der Waals surface area (Å²) in [4.78, 5) is 36.8. The molecule has 1 fully saturated rings. The molecule has 1 unspecified atom stereocenters. The lowest BCUT2D eigenvalue weighted by Crippen LogP contribution is -2.54. The molecule has 0 saturated carbocycles. The van der Waals surface area contributed by atoms with Gasteiger partial charge in [0.25, 0.3) is 0 Å². The van der Waals surface area contributed by atoms with E-state index >= 15 is 0 Å². The highest BCUT2D eigenvalue weighted by atomic mass is 16.2. The van der Waals surface area contributed by atoms with Crippen LogP contribution in [0.3, 0.4) is 0 Å². The number of amides is 2. The van der Waals surface area contributed by atoms with Gasteiger partial charge in [-0.2, -0.15) is 0 Å². The van der Waals surface area contributed by atoms with E-state index in [0.29, 0.717) is 32.5 Å². The topological polar surface area (TPSA) is 75.2 Å². The number of carbonyl (C=O) groups excluding carboxylic acids is 2. The largest absolute Gasteiger partial charge is 0.356 e. The van der Waals surface area contributed by atoms with Gasteiger partial charge in [0.05, 0.1) is 11.8 Å². The second-order valence-corrected chi connectivity index (χ2v) is 8.67. The molecule has 1 aliphatic heterocycles. The number of hydrogen-bond donors (Lipinski definition) is 1. The minimum Gasteiger partial charge on any atom is -0.356 e. The smallest absolute Gasteiger partial charge is 0.228 e. The molecule has 1 saturated heterocycles. The van der Waals surface area contributed by atoms with Gasteiger partial charge in [0.2, 0.25) is 11.8 Å². The standard InChI is InChI=1S/C27H30N4O2/c1-2-30-26(33)27(17-22-9-3-4-11-24(22)23-10-6-14-29-19-23)12-7-15-31(20-27)25(32)16-21-8-5-13-28-18-21/h3-6,8-11,13-14,18-19H,2,7,12,15-17,20H2,1H3,(H,30,33). The first kappa shape index (κ1) is 22.6. The number of likely N-dealkylation sites (tertiary alicyclic amines) is 1. The lowest BCUT2D eigenvalue weighted by molar-refractivity contribution is -0.141. The van der Waals surface area contributed by atoms with Crippen LogP contribution in [0.2, 0.25) is 0 Å². The van der Waals surface area contributed by atoms with Gasteiger partial charge in [0.15, 0.2) is 0 Å². The Morgan fingerprint density at radius 1 is 1.03 bits per heavy atom. The van der Waals surface area contributed by atoms with Gasteiger partial charge in [0.1, 0.15) is 0 Å². The molecule has 3 heterocycles. The normalized spacial score (nSPS) is 18.0. The molecule has 4 rings (SSSR count). The quantitative estimate of drug-likeness (QED) is 0.606. The van der Waals surface area contributed by atoms with Gasteiger partial charge in [0, 0.05) is 50.0 Å². The van der Waals surface area contributed by atoms with E-state index in [1.54, 1.807) is 18.6 Å². The highest BCUT2D eigenvalue weighted by Gasteiger charge is 2.43. The van der Waals surface area contributed by atoms with Crippen LogP contribution in [0.5, 0.6) is 0 Å². The van der Waals surface area contributed by atoms with Crippen molar-refractivity contribution in [2.75, 3.05) is 19.6 Å². The highest BCUT2D eigenvalue weighted by Crippen LogP contribution is 2.37. The average molecular weight is 443 g/mol. The third kappa shape index (κ3) is 5.28. The molecule has 6 nitrogen and oxygen atoms in total. The SMILES string of the molecule is CCNC(=O)C1(Cc2ccccc2-c2cccnc2)CCCN(C(=O)Cc2cccnc2)C1. The monoisotopic (exact) mass is 442 g/mol. The summed E-state index contributed by atoms with van der Waals surface area (Å²) in [7, 11) is 0. The Kier molecular flexibility index (Phi) is 7.13. The van der Waals surface area contributed by atoms with Crippen molar-refractivity contribution in [2.24, 2.45) is 5.41 Å². The zero-order chi connectivity index (χ0) is 23.1. The third-order valence-electron chi connectivity index (χ3n) is 6.35. The fourth-order valence-corrected chi connectivity index (χ4v) is 4.73. The minimum atomic E-state index is -0.669. The average Bonchev–Trinajstić information content (AvgIpc) is 2.86. The maximum atomic E-state index is 13.4. The van der Waals surface area contributed by atoms with E-state index < -0.39 is 5.41 Å². The Morgan fingerprint density at radius 3 is 2.55 bits per heavy atom. The van der Waals surface area contributed by atoms with Crippen molar-refractivity contribution in [3.63, 3.8) is 0 Å². The molecule has 3 aromatic rings. The second kappa shape index (κ2) is 10.4. The molecule has 0 radical (unpaired) electrons. The van der Waals surface area contributed by atoms with Crippen LogP contribution in [0.25, 0.3) is 11.1 Å². The lowest BCUT2D eigenvalue weighted by Gasteiger charge is -2.42. The van der Waals surface area contributed by atoms with Crippen molar-refractivity contribution >= 4 is 11.8 Å². The summed E-state index contributed by atoms with van der Waals surface area (Å²) in [6, 6.07) is 15.9. The summed E-state index contributed by atoms with van der Waals surface area (Å²) in [5, 5.41) is 3.05. The Morgan fingerprint density at radius 2 is 1.82 bits per heavy atom. The first-order valence-corrected chi connectivity index (χ1v) is 11.5. The number of pyridine rings is 2. The van der Waals surface area contributed by atoms with E-state index in [9.17, 15) is 9.59 Å². The highest BCUT2D eigenvalue weighted by molar-refractivity contribution is 5.86. The van der Waals surface area contributed by atoms with Gasteiger partial charge in [-0.05, 0) is 55.0 Å². The van der Waals surface area contributed by atoms with Crippen LogP contribution in [-0.4, -0.2) is 46.3 Å². The van der Waals surface area contributed by atoms with Gasteiger partial charge in [-0.3, -0.25) is 19.6 Å². The van der Waals surface area contributed by atoms with Crippen LogP contribution in [-0.2, 0) is 22.4 Å². The number of aromatic nitrogens is 2. The third-order valence-corrected chi connectivity index (χ3v) is 6.35. The number of carbonyl (C=O) groups is 2. The number of piperidine rings is 1. The molecule has 1 atom stereocenters. The number of hydrogen-bond acceptors (Lipinski definition) is 4. The van der Waals surface area contributed by atoms with E-state index in [0.717, 1.165) is 35.1 Å². The van der Waals surface area contributed by atoms with Crippen LogP contribution in [0, 0.1) is 5.41 Å². The summed E-state index contributed by atoms with van der Waals surface area (Å²) in [5.41, 5.74) is 3.42. The van der Waals surface area contributed by atoms with Crippen molar-refractivity contribution in [3.05, 3.63) is 84.4 Å². The van der Waals surface area contributed by atoms with Crippen molar-refractivity contribution in [3.8, 4) is 11.1 Å². The van der Waals surface area contributed by atoms with Gasteiger partial charge >= 0.3 is 0 Å². The number of benzene rings is 1. The molecule has 0 aliphatic carbocycles. The first-order valence-electron chi connectivity index (χ1n) is 11.5. The van der Waals surface area contributed by atoms with Crippen molar-refractivity contribution in [2.45, 2.75) is 32.6 Å². The molecular formula is C27H30N4O2. The molecule has 1 aromatic carbocycles. The minimum absolute atomic E-state index is 0.0184. The molecule has 0 bridgehead atoms. The Labute approximate surface area is 195 Å². The molecule has 0 spiro atoms. The zero-order valence-electron chi connectivity index (χ0n) is 19.0.